The highest BCUT2D eigenvalue weighted by molar-refractivity contribution is 7.16. The number of ether oxygens (including phenoxy) is 1. The summed E-state index contributed by atoms with van der Waals surface area (Å²) in [5.74, 6) is -1.85. The van der Waals surface area contributed by atoms with Crippen LogP contribution in [0.5, 0.6) is 0 Å². The number of carbonyl (C=O) groups is 2. The molecule has 1 aromatic rings. The van der Waals surface area contributed by atoms with Crippen LogP contribution in [0, 0.1) is 6.92 Å². The van der Waals surface area contributed by atoms with Crippen LogP contribution in [0.25, 0.3) is 0 Å². The van der Waals surface area contributed by atoms with E-state index in [-0.39, 0.29) is 22.7 Å². The molecule has 82 valence electrons. The number of hydrogen-bond acceptors (Lipinski definition) is 5. The number of hydrogen-bond donors (Lipinski definition) is 2. The van der Waals surface area contributed by atoms with Crippen LogP contribution in [0.15, 0.2) is 0 Å². The first-order valence-corrected chi connectivity index (χ1v) is 5.10. The van der Waals surface area contributed by atoms with E-state index in [2.05, 4.69) is 0 Å². The second-order valence-electron chi connectivity index (χ2n) is 2.80. The van der Waals surface area contributed by atoms with Gasteiger partial charge in [0.25, 0.3) is 0 Å². The highest BCUT2D eigenvalue weighted by Crippen LogP contribution is 2.30. The molecule has 0 aromatic carbocycles. The molecule has 0 atom stereocenters. The predicted octanol–water partition coefficient (Wildman–Crippen LogP) is 1.51. The number of carboxylic acids is 1. The third-order valence-corrected chi connectivity index (χ3v) is 2.74. The number of thiophene rings is 1. The summed E-state index contributed by atoms with van der Waals surface area (Å²) in [5, 5.41) is 9.02. The predicted molar refractivity (Wildman–Crippen MR) is 56.4 cm³/mol. The Hall–Kier alpha value is -1.56. The number of nitrogens with two attached hydrogens (primary N) is 1. The molecular weight excluding hydrogens is 218 g/mol. The van der Waals surface area contributed by atoms with Crippen molar-refractivity contribution in [3.8, 4) is 0 Å². The van der Waals surface area contributed by atoms with E-state index >= 15 is 0 Å². The molecule has 5 nitrogen and oxygen atoms in total. The number of nitrogen functional groups attached to an aromatic ring is 1. The van der Waals surface area contributed by atoms with Crippen LogP contribution in [0.2, 0.25) is 0 Å². The Morgan fingerprint density at radius 3 is 2.53 bits per heavy atom. The Labute approximate surface area is 90.5 Å². The smallest absolute Gasteiger partial charge is 0.340 e. The molecule has 0 saturated carbocycles. The van der Waals surface area contributed by atoms with Gasteiger partial charge in [0.05, 0.1) is 12.2 Å². The Kier molecular flexibility index (Phi) is 3.31. The molecule has 6 heteroatoms. The van der Waals surface area contributed by atoms with E-state index in [1.165, 1.54) is 0 Å². The van der Waals surface area contributed by atoms with E-state index in [0.717, 1.165) is 11.3 Å². The van der Waals surface area contributed by atoms with Gasteiger partial charge >= 0.3 is 11.9 Å². The molecule has 1 heterocycles. The highest BCUT2D eigenvalue weighted by atomic mass is 32.1. The summed E-state index contributed by atoms with van der Waals surface area (Å²) in [7, 11) is 0. The molecule has 0 amide bonds. The fourth-order valence-electron chi connectivity index (χ4n) is 1.23. The van der Waals surface area contributed by atoms with Gasteiger partial charge in [0.2, 0.25) is 0 Å². The van der Waals surface area contributed by atoms with E-state index in [9.17, 15) is 9.59 Å². The lowest BCUT2D eigenvalue weighted by molar-refractivity contribution is 0.0515. The molecule has 0 radical (unpaired) electrons. The zero-order valence-corrected chi connectivity index (χ0v) is 9.18. The van der Waals surface area contributed by atoms with Gasteiger partial charge in [0, 0.05) is 4.88 Å². The molecule has 0 aliphatic rings. The molecule has 0 saturated heterocycles. The van der Waals surface area contributed by atoms with Gasteiger partial charge in [-0.2, -0.15) is 0 Å². The maximum atomic E-state index is 11.5. The fourth-order valence-corrected chi connectivity index (χ4v) is 2.14. The van der Waals surface area contributed by atoms with Gasteiger partial charge in [0.1, 0.15) is 10.6 Å². The van der Waals surface area contributed by atoms with Gasteiger partial charge in [-0.15, -0.1) is 11.3 Å². The first-order valence-electron chi connectivity index (χ1n) is 4.28. The van der Waals surface area contributed by atoms with Crippen molar-refractivity contribution in [2.45, 2.75) is 13.8 Å². The van der Waals surface area contributed by atoms with Crippen molar-refractivity contribution in [3.63, 3.8) is 0 Å². The van der Waals surface area contributed by atoms with Gasteiger partial charge < -0.3 is 15.6 Å². The number of carboxylic acid groups (broad SMARTS) is 1. The molecule has 0 bridgehead atoms. The number of esters is 1. The molecule has 1 aromatic heterocycles. The minimum Gasteiger partial charge on any atom is -0.478 e. The maximum absolute atomic E-state index is 11.5. The number of carbonyl (C=O) groups excluding carboxylic acids is 1. The second kappa shape index (κ2) is 4.31. The van der Waals surface area contributed by atoms with Crippen molar-refractivity contribution >= 4 is 28.3 Å². The first-order chi connectivity index (χ1) is 6.99. The van der Waals surface area contributed by atoms with Crippen molar-refractivity contribution in [3.05, 3.63) is 16.0 Å². The van der Waals surface area contributed by atoms with E-state index in [1.54, 1.807) is 13.8 Å². The Morgan fingerprint density at radius 2 is 2.07 bits per heavy atom. The lowest BCUT2D eigenvalue weighted by atomic mass is 10.1. The van der Waals surface area contributed by atoms with Crippen molar-refractivity contribution in [2.24, 2.45) is 0 Å². The monoisotopic (exact) mass is 229 g/mol. The molecule has 0 fully saturated rings. The molecular formula is C9H11NO4S. The number of aromatic carboxylic acids is 1. The molecule has 0 spiro atoms. The van der Waals surface area contributed by atoms with Crippen molar-refractivity contribution in [1.29, 1.82) is 0 Å². The van der Waals surface area contributed by atoms with Crippen LogP contribution >= 0.6 is 11.3 Å². The fraction of sp³-hybridized carbons (Fsp3) is 0.333. The zero-order valence-electron chi connectivity index (χ0n) is 8.36. The lowest BCUT2D eigenvalue weighted by Gasteiger charge is -2.02. The summed E-state index contributed by atoms with van der Waals surface area (Å²) in [5.41, 5.74) is 5.41. The van der Waals surface area contributed by atoms with E-state index in [4.69, 9.17) is 15.6 Å². The minimum atomic E-state index is -1.21. The normalized spacial score (nSPS) is 10.0. The number of rotatable bonds is 3. The summed E-state index contributed by atoms with van der Waals surface area (Å²) in [4.78, 5) is 22.9. The summed E-state index contributed by atoms with van der Waals surface area (Å²) in [6.45, 7) is 3.50. The van der Waals surface area contributed by atoms with Gasteiger partial charge in [-0.05, 0) is 13.8 Å². The Bertz CT molecular complexity index is 410. The maximum Gasteiger partial charge on any atom is 0.340 e. The molecule has 0 aliphatic heterocycles. The Balaban J connectivity index is 3.26. The lowest BCUT2D eigenvalue weighted by Crippen LogP contribution is -2.11. The summed E-state index contributed by atoms with van der Waals surface area (Å²) < 4.78 is 4.76. The van der Waals surface area contributed by atoms with E-state index in [0.29, 0.717) is 4.88 Å². The van der Waals surface area contributed by atoms with Crippen LogP contribution in [0.4, 0.5) is 5.00 Å². The van der Waals surface area contributed by atoms with Crippen LogP contribution < -0.4 is 5.73 Å². The topological polar surface area (TPSA) is 89.6 Å². The molecule has 0 unspecified atom stereocenters. The third-order valence-electron chi connectivity index (χ3n) is 1.80. The Morgan fingerprint density at radius 1 is 1.47 bits per heavy atom. The summed E-state index contributed by atoms with van der Waals surface area (Å²) >= 11 is 1.07. The van der Waals surface area contributed by atoms with Gasteiger partial charge in [0.15, 0.2) is 0 Å². The van der Waals surface area contributed by atoms with Crippen LogP contribution in [0.1, 0.15) is 32.5 Å². The van der Waals surface area contributed by atoms with Crippen LogP contribution in [0.3, 0.4) is 0 Å². The largest absolute Gasteiger partial charge is 0.478 e. The SMILES string of the molecule is CCOC(=O)c1c(C)sc(N)c1C(=O)O. The molecule has 3 N–H and O–H groups in total. The zero-order chi connectivity index (χ0) is 11.6. The molecule has 0 aliphatic carbocycles. The van der Waals surface area contributed by atoms with Crippen molar-refractivity contribution in [2.75, 3.05) is 12.3 Å². The van der Waals surface area contributed by atoms with Gasteiger partial charge in [-0.3, -0.25) is 0 Å². The molecule has 15 heavy (non-hydrogen) atoms. The second-order valence-corrected chi connectivity index (χ2v) is 4.05. The number of anilines is 1. The molecule has 1 rings (SSSR count). The number of aryl methyl sites for hydroxylation is 1. The average Bonchev–Trinajstić information content (AvgIpc) is 2.41. The van der Waals surface area contributed by atoms with E-state index < -0.39 is 11.9 Å². The van der Waals surface area contributed by atoms with E-state index in [1.807, 2.05) is 0 Å². The van der Waals surface area contributed by atoms with Crippen LogP contribution in [-0.4, -0.2) is 23.7 Å². The quantitative estimate of drug-likeness (QED) is 0.767. The van der Waals surface area contributed by atoms with Crippen molar-refractivity contribution in [1.82, 2.24) is 0 Å². The minimum absolute atomic E-state index is 0.0619. The van der Waals surface area contributed by atoms with Gasteiger partial charge in [-0.25, -0.2) is 9.59 Å². The van der Waals surface area contributed by atoms with Crippen molar-refractivity contribution < 1.29 is 19.4 Å². The highest BCUT2D eigenvalue weighted by Gasteiger charge is 2.25. The first kappa shape index (κ1) is 11.5. The third kappa shape index (κ3) is 2.10. The van der Waals surface area contributed by atoms with Crippen LogP contribution in [-0.2, 0) is 4.74 Å². The summed E-state index contributed by atoms with van der Waals surface area (Å²) in [6.07, 6.45) is 0. The summed E-state index contributed by atoms with van der Waals surface area (Å²) in [6, 6.07) is 0. The standard InChI is InChI=1S/C9H11NO4S/c1-3-14-9(13)5-4(2)15-7(10)6(5)8(11)12/h3,10H2,1-2H3,(H,11,12). The van der Waals surface area contributed by atoms with Gasteiger partial charge in [-0.1, -0.05) is 0 Å². The average molecular weight is 229 g/mol.